The highest BCUT2D eigenvalue weighted by atomic mass is 16.7. The number of unbranched alkanes of at least 4 members (excludes halogenated alkanes) is 3. The molecular formula is C27H32N2O4. The van der Waals surface area contributed by atoms with E-state index >= 15 is 0 Å². The Morgan fingerprint density at radius 2 is 1.70 bits per heavy atom. The van der Waals surface area contributed by atoms with Crippen LogP contribution in [0.5, 0.6) is 11.5 Å². The predicted molar refractivity (Wildman–Crippen MR) is 127 cm³/mol. The molecule has 3 aromatic rings. The molecule has 0 atom stereocenters. The number of amides is 1. The van der Waals surface area contributed by atoms with E-state index in [1.807, 2.05) is 36.4 Å². The minimum absolute atomic E-state index is 0.150. The first-order valence-electron chi connectivity index (χ1n) is 11.7. The lowest BCUT2D eigenvalue weighted by atomic mass is 10.1. The molecule has 1 amide bonds. The maximum absolute atomic E-state index is 12.4. The van der Waals surface area contributed by atoms with Gasteiger partial charge >= 0.3 is 0 Å². The molecule has 33 heavy (non-hydrogen) atoms. The number of hydrogen-bond donors (Lipinski definition) is 1. The number of furan rings is 1. The summed E-state index contributed by atoms with van der Waals surface area (Å²) in [4.78, 5) is 14.7. The van der Waals surface area contributed by atoms with E-state index in [0.29, 0.717) is 25.4 Å². The Bertz CT molecular complexity index is 1030. The summed E-state index contributed by atoms with van der Waals surface area (Å²) in [6.07, 6.45) is 4.50. The van der Waals surface area contributed by atoms with Gasteiger partial charge in [0, 0.05) is 19.6 Å². The standard InChI is InChI=1S/C27H32N2O4/c1-2-3-4-8-15-28-27(30)25-14-12-23(33-25)19-29(17-21-9-6-5-7-10-21)18-22-11-13-24-26(16-22)32-20-31-24/h5-7,9-14,16H,2-4,8,15,17-20H2,1H3,(H,28,30). The van der Waals surface area contributed by atoms with Gasteiger partial charge in [-0.1, -0.05) is 62.6 Å². The van der Waals surface area contributed by atoms with Gasteiger partial charge in [0.2, 0.25) is 6.79 Å². The second-order valence-electron chi connectivity index (χ2n) is 8.40. The topological polar surface area (TPSA) is 63.9 Å². The number of fused-ring (bicyclic) bond motifs is 1. The average molecular weight is 449 g/mol. The molecule has 0 aliphatic carbocycles. The Morgan fingerprint density at radius 3 is 2.55 bits per heavy atom. The first-order chi connectivity index (χ1) is 16.2. The van der Waals surface area contributed by atoms with Crippen molar-refractivity contribution in [3.63, 3.8) is 0 Å². The van der Waals surface area contributed by atoms with E-state index < -0.39 is 0 Å². The number of nitrogens with zero attached hydrogens (tertiary/aromatic N) is 1. The van der Waals surface area contributed by atoms with E-state index in [9.17, 15) is 4.79 Å². The first kappa shape index (κ1) is 22.9. The van der Waals surface area contributed by atoms with E-state index in [2.05, 4.69) is 35.3 Å². The zero-order chi connectivity index (χ0) is 22.9. The lowest BCUT2D eigenvalue weighted by Gasteiger charge is -2.21. The van der Waals surface area contributed by atoms with Crippen molar-refractivity contribution in [3.8, 4) is 11.5 Å². The highest BCUT2D eigenvalue weighted by Crippen LogP contribution is 2.33. The minimum atomic E-state index is -0.150. The van der Waals surface area contributed by atoms with Crippen LogP contribution in [-0.4, -0.2) is 24.1 Å². The second kappa shape index (κ2) is 11.6. The van der Waals surface area contributed by atoms with E-state index in [4.69, 9.17) is 13.9 Å². The van der Waals surface area contributed by atoms with Gasteiger partial charge in [0.1, 0.15) is 5.76 Å². The molecule has 0 saturated carbocycles. The van der Waals surface area contributed by atoms with Gasteiger partial charge in [-0.25, -0.2) is 0 Å². The van der Waals surface area contributed by atoms with Crippen molar-refractivity contribution in [3.05, 3.63) is 83.3 Å². The van der Waals surface area contributed by atoms with Crippen molar-refractivity contribution in [1.82, 2.24) is 10.2 Å². The average Bonchev–Trinajstić information content (AvgIpc) is 3.49. The van der Waals surface area contributed by atoms with E-state index in [1.54, 1.807) is 6.07 Å². The number of benzene rings is 2. The molecular weight excluding hydrogens is 416 g/mol. The van der Waals surface area contributed by atoms with Gasteiger partial charge in [-0.2, -0.15) is 0 Å². The highest BCUT2D eigenvalue weighted by Gasteiger charge is 2.17. The molecule has 1 N–H and O–H groups in total. The van der Waals surface area contributed by atoms with Crippen LogP contribution >= 0.6 is 0 Å². The molecule has 0 fully saturated rings. The van der Waals surface area contributed by atoms with Crippen LogP contribution in [-0.2, 0) is 19.6 Å². The Labute approximate surface area is 195 Å². The third-order valence-corrected chi connectivity index (χ3v) is 5.67. The Kier molecular flexibility index (Phi) is 8.04. The predicted octanol–water partition coefficient (Wildman–Crippen LogP) is 5.52. The summed E-state index contributed by atoms with van der Waals surface area (Å²) < 4.78 is 16.9. The Morgan fingerprint density at radius 1 is 0.879 bits per heavy atom. The van der Waals surface area contributed by atoms with Crippen LogP contribution in [0.2, 0.25) is 0 Å². The highest BCUT2D eigenvalue weighted by molar-refractivity contribution is 5.91. The Hall–Kier alpha value is -3.25. The van der Waals surface area contributed by atoms with Crippen molar-refractivity contribution in [1.29, 1.82) is 0 Å². The van der Waals surface area contributed by atoms with Gasteiger partial charge in [-0.05, 0) is 41.8 Å². The quantitative estimate of drug-likeness (QED) is 0.370. The molecule has 6 heteroatoms. The summed E-state index contributed by atoms with van der Waals surface area (Å²) in [7, 11) is 0. The van der Waals surface area contributed by atoms with E-state index in [1.165, 1.54) is 18.4 Å². The van der Waals surface area contributed by atoms with Crippen molar-refractivity contribution in [2.75, 3.05) is 13.3 Å². The van der Waals surface area contributed by atoms with Crippen LogP contribution in [0.1, 0.15) is 60.0 Å². The van der Waals surface area contributed by atoms with Crippen LogP contribution in [0.15, 0.2) is 65.1 Å². The normalized spacial score (nSPS) is 12.3. The maximum Gasteiger partial charge on any atom is 0.286 e. The third kappa shape index (κ3) is 6.62. The monoisotopic (exact) mass is 448 g/mol. The molecule has 6 nitrogen and oxygen atoms in total. The van der Waals surface area contributed by atoms with Gasteiger partial charge in [-0.3, -0.25) is 9.69 Å². The Balaban J connectivity index is 1.40. The molecule has 1 aromatic heterocycles. The number of hydrogen-bond acceptors (Lipinski definition) is 5. The fraction of sp³-hybridized carbons (Fsp3) is 0.370. The zero-order valence-corrected chi connectivity index (χ0v) is 19.2. The molecule has 4 rings (SSSR count). The molecule has 0 spiro atoms. The molecule has 0 saturated heterocycles. The third-order valence-electron chi connectivity index (χ3n) is 5.67. The number of ether oxygens (including phenoxy) is 2. The summed E-state index contributed by atoms with van der Waals surface area (Å²) in [6.45, 7) is 5.19. The van der Waals surface area contributed by atoms with Crippen molar-refractivity contribution in [2.45, 2.75) is 52.2 Å². The van der Waals surface area contributed by atoms with Gasteiger partial charge in [-0.15, -0.1) is 0 Å². The van der Waals surface area contributed by atoms with Crippen LogP contribution in [0, 0.1) is 0 Å². The molecule has 2 heterocycles. The number of nitrogens with one attached hydrogen (secondary N) is 1. The lowest BCUT2D eigenvalue weighted by Crippen LogP contribution is -2.24. The second-order valence-corrected chi connectivity index (χ2v) is 8.40. The van der Waals surface area contributed by atoms with Crippen LogP contribution in [0.4, 0.5) is 0 Å². The molecule has 174 valence electrons. The summed E-state index contributed by atoms with van der Waals surface area (Å²) in [6, 6.07) is 20.0. The first-order valence-corrected chi connectivity index (χ1v) is 11.7. The van der Waals surface area contributed by atoms with Crippen LogP contribution < -0.4 is 14.8 Å². The molecule has 2 aromatic carbocycles. The van der Waals surface area contributed by atoms with Gasteiger partial charge in [0.05, 0.1) is 6.54 Å². The smallest absolute Gasteiger partial charge is 0.286 e. The lowest BCUT2D eigenvalue weighted by molar-refractivity contribution is 0.0920. The van der Waals surface area contributed by atoms with Crippen LogP contribution in [0.25, 0.3) is 0 Å². The molecule has 1 aliphatic rings. The van der Waals surface area contributed by atoms with E-state index in [-0.39, 0.29) is 12.7 Å². The molecule has 0 unspecified atom stereocenters. The number of rotatable bonds is 12. The summed E-state index contributed by atoms with van der Waals surface area (Å²) >= 11 is 0. The van der Waals surface area contributed by atoms with Crippen molar-refractivity contribution >= 4 is 5.91 Å². The van der Waals surface area contributed by atoms with Gasteiger partial charge in [0.15, 0.2) is 17.3 Å². The largest absolute Gasteiger partial charge is 0.455 e. The minimum Gasteiger partial charge on any atom is -0.455 e. The maximum atomic E-state index is 12.4. The van der Waals surface area contributed by atoms with Gasteiger partial charge < -0.3 is 19.2 Å². The van der Waals surface area contributed by atoms with Crippen molar-refractivity contribution in [2.24, 2.45) is 0 Å². The summed E-state index contributed by atoms with van der Waals surface area (Å²) in [5, 5.41) is 2.96. The number of carbonyl (C=O) groups excluding carboxylic acids is 1. The van der Waals surface area contributed by atoms with Gasteiger partial charge in [0.25, 0.3) is 5.91 Å². The molecule has 0 bridgehead atoms. The van der Waals surface area contributed by atoms with E-state index in [0.717, 1.165) is 42.2 Å². The fourth-order valence-corrected chi connectivity index (χ4v) is 3.95. The van der Waals surface area contributed by atoms with Crippen LogP contribution in [0.3, 0.4) is 0 Å². The summed E-state index contributed by atoms with van der Waals surface area (Å²) in [5.74, 6) is 2.54. The zero-order valence-electron chi connectivity index (χ0n) is 19.2. The fourth-order valence-electron chi connectivity index (χ4n) is 3.95. The SMILES string of the molecule is CCCCCCNC(=O)c1ccc(CN(Cc2ccccc2)Cc2ccc3c(c2)OCO3)o1. The number of carbonyl (C=O) groups is 1. The summed E-state index contributed by atoms with van der Waals surface area (Å²) in [5.41, 5.74) is 2.35. The molecule has 1 aliphatic heterocycles. The molecule has 0 radical (unpaired) electrons. The van der Waals surface area contributed by atoms with Crippen molar-refractivity contribution < 1.29 is 18.7 Å².